The molecule has 2 rings (SSSR count). The normalized spacial score (nSPS) is 13.5. The van der Waals surface area contributed by atoms with Crippen LogP contribution in [0.5, 0.6) is 0 Å². The molecule has 1 amide bonds. The van der Waals surface area contributed by atoms with Gasteiger partial charge in [-0.15, -0.1) is 24.0 Å². The number of ether oxygens (including phenoxy) is 2. The van der Waals surface area contributed by atoms with Crippen LogP contribution in [-0.2, 0) is 27.2 Å². The molecule has 2 N–H and O–H groups in total. The predicted octanol–water partition coefficient (Wildman–Crippen LogP) is 1.80. The van der Waals surface area contributed by atoms with Crippen LogP contribution >= 0.6 is 24.0 Å². The molecule has 8 heteroatoms. The molecular formula is C20H33IN4O3. The quantitative estimate of drug-likeness (QED) is 0.220. The van der Waals surface area contributed by atoms with Crippen molar-refractivity contribution in [1.29, 1.82) is 0 Å². The van der Waals surface area contributed by atoms with Crippen molar-refractivity contribution in [2.45, 2.75) is 26.3 Å². The number of nitrogens with zero attached hydrogens (tertiary/aromatic N) is 2. The zero-order chi connectivity index (χ0) is 19.3. The summed E-state index contributed by atoms with van der Waals surface area (Å²) in [5.41, 5.74) is 2.58. The van der Waals surface area contributed by atoms with E-state index in [4.69, 9.17) is 9.47 Å². The molecule has 28 heavy (non-hydrogen) atoms. The number of hydrogen-bond acceptors (Lipinski definition) is 4. The van der Waals surface area contributed by atoms with Crippen molar-refractivity contribution in [3.63, 3.8) is 0 Å². The molecule has 1 aromatic rings. The SMILES string of the molecule is CCNC(=NCC(=O)N1CCc2ccccc2C1)NCCCOCCOC.I. The summed E-state index contributed by atoms with van der Waals surface area (Å²) >= 11 is 0. The van der Waals surface area contributed by atoms with E-state index in [1.165, 1.54) is 11.1 Å². The Kier molecular flexibility index (Phi) is 12.8. The topological polar surface area (TPSA) is 75.2 Å². The third-order valence-corrected chi connectivity index (χ3v) is 4.39. The highest BCUT2D eigenvalue weighted by atomic mass is 127. The lowest BCUT2D eigenvalue weighted by atomic mass is 10.00. The van der Waals surface area contributed by atoms with Crippen LogP contribution in [-0.4, -0.2) is 69.9 Å². The number of halogens is 1. The number of carbonyl (C=O) groups is 1. The van der Waals surface area contributed by atoms with E-state index in [0.717, 1.165) is 32.5 Å². The minimum absolute atomic E-state index is 0. The fourth-order valence-corrected chi connectivity index (χ4v) is 2.92. The van der Waals surface area contributed by atoms with E-state index in [1.54, 1.807) is 7.11 Å². The Balaban J connectivity index is 0.00000392. The second kappa shape index (κ2) is 14.6. The van der Waals surface area contributed by atoms with E-state index < -0.39 is 0 Å². The van der Waals surface area contributed by atoms with Gasteiger partial charge in [-0.3, -0.25) is 4.79 Å². The molecule has 0 aliphatic carbocycles. The van der Waals surface area contributed by atoms with Crippen molar-refractivity contribution < 1.29 is 14.3 Å². The molecule has 0 spiro atoms. The first-order chi connectivity index (χ1) is 13.2. The molecule has 0 aromatic heterocycles. The van der Waals surface area contributed by atoms with Gasteiger partial charge in [0.1, 0.15) is 6.54 Å². The van der Waals surface area contributed by atoms with Gasteiger partial charge in [0.2, 0.25) is 5.91 Å². The average molecular weight is 504 g/mol. The molecular weight excluding hydrogens is 471 g/mol. The van der Waals surface area contributed by atoms with Gasteiger partial charge in [0, 0.05) is 39.9 Å². The predicted molar refractivity (Wildman–Crippen MR) is 122 cm³/mol. The largest absolute Gasteiger partial charge is 0.382 e. The van der Waals surface area contributed by atoms with Gasteiger partial charge in [-0.2, -0.15) is 0 Å². The van der Waals surface area contributed by atoms with Crippen LogP contribution in [0.15, 0.2) is 29.3 Å². The van der Waals surface area contributed by atoms with Gasteiger partial charge < -0.3 is 25.0 Å². The van der Waals surface area contributed by atoms with E-state index in [0.29, 0.717) is 32.3 Å². The van der Waals surface area contributed by atoms with Gasteiger partial charge in [0.15, 0.2) is 5.96 Å². The van der Waals surface area contributed by atoms with Crippen molar-refractivity contribution in [3.8, 4) is 0 Å². The summed E-state index contributed by atoms with van der Waals surface area (Å²) in [5.74, 6) is 0.727. The van der Waals surface area contributed by atoms with Crippen molar-refractivity contribution in [2.75, 3.05) is 53.1 Å². The van der Waals surface area contributed by atoms with Crippen molar-refractivity contribution in [2.24, 2.45) is 4.99 Å². The number of benzene rings is 1. The van der Waals surface area contributed by atoms with Crippen LogP contribution in [0.1, 0.15) is 24.5 Å². The first-order valence-electron chi connectivity index (χ1n) is 9.68. The summed E-state index contributed by atoms with van der Waals surface area (Å²) in [6.07, 6.45) is 1.78. The molecule has 0 saturated carbocycles. The Morgan fingerprint density at radius 1 is 1.18 bits per heavy atom. The van der Waals surface area contributed by atoms with Crippen LogP contribution in [0.25, 0.3) is 0 Å². The maximum absolute atomic E-state index is 12.5. The number of carbonyl (C=O) groups excluding carboxylic acids is 1. The Bertz CT molecular complexity index is 613. The molecule has 0 saturated heterocycles. The number of methoxy groups -OCH3 is 1. The Labute approximate surface area is 185 Å². The van der Waals surface area contributed by atoms with Gasteiger partial charge in [-0.05, 0) is 30.9 Å². The highest BCUT2D eigenvalue weighted by molar-refractivity contribution is 14.0. The van der Waals surface area contributed by atoms with Crippen molar-refractivity contribution >= 4 is 35.8 Å². The van der Waals surface area contributed by atoms with Gasteiger partial charge in [0.05, 0.1) is 13.2 Å². The molecule has 0 bridgehead atoms. The molecule has 1 aromatic carbocycles. The summed E-state index contributed by atoms with van der Waals surface area (Å²) in [4.78, 5) is 18.8. The Morgan fingerprint density at radius 3 is 2.71 bits per heavy atom. The highest BCUT2D eigenvalue weighted by Crippen LogP contribution is 2.18. The van der Waals surface area contributed by atoms with Gasteiger partial charge in [-0.25, -0.2) is 4.99 Å². The van der Waals surface area contributed by atoms with Gasteiger partial charge >= 0.3 is 0 Å². The smallest absolute Gasteiger partial charge is 0.244 e. The van der Waals surface area contributed by atoms with E-state index in [9.17, 15) is 4.79 Å². The number of hydrogen-bond donors (Lipinski definition) is 2. The molecule has 158 valence electrons. The second-order valence-electron chi connectivity index (χ2n) is 6.41. The highest BCUT2D eigenvalue weighted by Gasteiger charge is 2.19. The molecule has 1 aliphatic heterocycles. The number of aliphatic imine (C=N–C) groups is 1. The van der Waals surface area contributed by atoms with Crippen LogP contribution < -0.4 is 10.6 Å². The molecule has 0 atom stereocenters. The number of fused-ring (bicyclic) bond motifs is 1. The van der Waals surface area contributed by atoms with Crippen LogP contribution in [0.3, 0.4) is 0 Å². The van der Waals surface area contributed by atoms with E-state index in [-0.39, 0.29) is 36.4 Å². The first kappa shape index (κ1) is 24.6. The molecule has 0 fully saturated rings. The summed E-state index contributed by atoms with van der Waals surface area (Å²) in [5, 5.41) is 6.42. The summed E-state index contributed by atoms with van der Waals surface area (Å²) < 4.78 is 10.4. The average Bonchev–Trinajstić information content (AvgIpc) is 2.70. The fraction of sp³-hybridized carbons (Fsp3) is 0.600. The molecule has 1 aliphatic rings. The maximum Gasteiger partial charge on any atom is 0.244 e. The zero-order valence-electron chi connectivity index (χ0n) is 16.9. The van der Waals surface area contributed by atoms with Crippen LogP contribution in [0.4, 0.5) is 0 Å². The van der Waals surface area contributed by atoms with Crippen molar-refractivity contribution in [1.82, 2.24) is 15.5 Å². The number of rotatable bonds is 10. The molecule has 1 heterocycles. The monoisotopic (exact) mass is 504 g/mol. The third-order valence-electron chi connectivity index (χ3n) is 4.39. The fourth-order valence-electron chi connectivity index (χ4n) is 2.92. The summed E-state index contributed by atoms with van der Waals surface area (Å²) in [6, 6.07) is 8.31. The zero-order valence-corrected chi connectivity index (χ0v) is 19.2. The first-order valence-corrected chi connectivity index (χ1v) is 9.68. The number of amides is 1. The number of nitrogens with one attached hydrogen (secondary N) is 2. The molecule has 7 nitrogen and oxygen atoms in total. The lowest BCUT2D eigenvalue weighted by Gasteiger charge is -2.28. The second-order valence-corrected chi connectivity index (χ2v) is 6.41. The lowest BCUT2D eigenvalue weighted by Crippen LogP contribution is -2.41. The van der Waals surface area contributed by atoms with E-state index in [2.05, 4.69) is 33.8 Å². The van der Waals surface area contributed by atoms with Crippen LogP contribution in [0.2, 0.25) is 0 Å². The van der Waals surface area contributed by atoms with Gasteiger partial charge in [0.25, 0.3) is 0 Å². The minimum atomic E-state index is 0. The van der Waals surface area contributed by atoms with Gasteiger partial charge in [-0.1, -0.05) is 24.3 Å². The summed E-state index contributed by atoms with van der Waals surface area (Å²) in [7, 11) is 1.66. The maximum atomic E-state index is 12.5. The van der Waals surface area contributed by atoms with E-state index in [1.807, 2.05) is 17.9 Å². The lowest BCUT2D eigenvalue weighted by molar-refractivity contribution is -0.130. The summed E-state index contributed by atoms with van der Waals surface area (Å²) in [6.45, 7) is 6.98. The van der Waals surface area contributed by atoms with Crippen molar-refractivity contribution in [3.05, 3.63) is 35.4 Å². The van der Waals surface area contributed by atoms with Crippen LogP contribution in [0, 0.1) is 0 Å². The standard InChI is InChI=1S/C20H32N4O3.HI/c1-3-21-20(22-10-6-12-27-14-13-26-2)23-15-19(25)24-11-9-17-7-4-5-8-18(17)16-24;/h4-5,7-8H,3,6,9-16H2,1-2H3,(H2,21,22,23);1H. The third kappa shape index (κ3) is 8.74. The Hall–Kier alpha value is -1.39. The Morgan fingerprint density at radius 2 is 1.96 bits per heavy atom. The molecule has 0 radical (unpaired) electrons. The van der Waals surface area contributed by atoms with E-state index >= 15 is 0 Å². The number of guanidine groups is 1. The minimum Gasteiger partial charge on any atom is -0.382 e. The molecule has 0 unspecified atom stereocenters.